The highest BCUT2D eigenvalue weighted by atomic mass is 35.5. The first kappa shape index (κ1) is 12.4. The van der Waals surface area contributed by atoms with Gasteiger partial charge in [-0.2, -0.15) is 0 Å². The molecule has 0 saturated heterocycles. The zero-order valence-corrected chi connectivity index (χ0v) is 9.16. The maximum atomic E-state index is 12.5. The molecule has 15 heavy (non-hydrogen) atoms. The third-order valence-electron chi connectivity index (χ3n) is 1.87. The molecule has 0 amide bonds. The van der Waals surface area contributed by atoms with Gasteiger partial charge in [0.15, 0.2) is 5.78 Å². The molecule has 1 aromatic rings. The van der Waals surface area contributed by atoms with Crippen LogP contribution in [0.15, 0.2) is 18.2 Å². The minimum Gasteiger partial charge on any atom is -0.294 e. The number of carbonyl (C=O) groups is 1. The summed E-state index contributed by atoms with van der Waals surface area (Å²) >= 11 is 11.0. The average Bonchev–Trinajstić information content (AvgIpc) is 2.17. The Hall–Kier alpha value is -0.670. The zero-order valence-electron chi connectivity index (χ0n) is 7.64. The van der Waals surface area contributed by atoms with Gasteiger partial charge >= 0.3 is 0 Å². The Kier molecular flexibility index (Phi) is 4.48. The third kappa shape index (κ3) is 3.14. The lowest BCUT2D eigenvalue weighted by Crippen LogP contribution is -2.04. The highest BCUT2D eigenvalue weighted by Crippen LogP contribution is 2.26. The Morgan fingerprint density at radius 1 is 1.40 bits per heavy atom. The van der Waals surface area contributed by atoms with Crippen molar-refractivity contribution in [1.82, 2.24) is 0 Å². The van der Waals surface area contributed by atoms with Gasteiger partial charge in [-0.1, -0.05) is 17.7 Å². The molecule has 0 atom stereocenters. The number of Topliss-reactive ketones (excluding diaryl/α,β-unsaturated/α-hetero) is 1. The van der Waals surface area contributed by atoms with Crippen molar-refractivity contribution in [2.75, 3.05) is 5.88 Å². The highest BCUT2D eigenvalue weighted by Gasteiger charge is 2.17. The molecule has 82 valence electrons. The molecule has 0 aliphatic carbocycles. The van der Waals surface area contributed by atoms with E-state index in [-0.39, 0.29) is 28.5 Å². The predicted octanol–water partition coefficient (Wildman–Crippen LogP) is 4.09. The minimum absolute atomic E-state index is 0.0294. The summed E-state index contributed by atoms with van der Waals surface area (Å²) in [6.07, 6.45) is -2.65. The van der Waals surface area contributed by atoms with E-state index in [0.29, 0.717) is 0 Å². The van der Waals surface area contributed by atoms with Gasteiger partial charge in [-0.15, -0.1) is 11.6 Å². The second-order valence-electron chi connectivity index (χ2n) is 2.89. The quantitative estimate of drug-likeness (QED) is 0.583. The molecule has 0 N–H and O–H groups in total. The molecule has 0 unspecified atom stereocenters. The molecule has 1 nitrogen and oxygen atoms in total. The van der Waals surface area contributed by atoms with Crippen LogP contribution in [-0.4, -0.2) is 11.7 Å². The summed E-state index contributed by atoms with van der Waals surface area (Å²) in [5.41, 5.74) is -0.340. The van der Waals surface area contributed by atoms with Crippen LogP contribution >= 0.6 is 23.2 Å². The van der Waals surface area contributed by atoms with Crippen molar-refractivity contribution >= 4 is 29.0 Å². The number of hydrogen-bond acceptors (Lipinski definition) is 1. The molecule has 0 aliphatic rings. The number of ketones is 1. The first-order valence-corrected chi connectivity index (χ1v) is 5.14. The van der Waals surface area contributed by atoms with Crippen LogP contribution < -0.4 is 0 Å². The lowest BCUT2D eigenvalue weighted by molar-refractivity contribution is 0.0975. The topological polar surface area (TPSA) is 17.1 Å². The second kappa shape index (κ2) is 5.42. The first-order valence-electron chi connectivity index (χ1n) is 4.23. The first-order chi connectivity index (χ1) is 7.06. The van der Waals surface area contributed by atoms with Crippen LogP contribution in [0.3, 0.4) is 0 Å². The van der Waals surface area contributed by atoms with Crippen LogP contribution in [0.2, 0.25) is 5.02 Å². The van der Waals surface area contributed by atoms with Gasteiger partial charge in [-0.05, 0) is 12.1 Å². The lowest BCUT2D eigenvalue weighted by Gasteiger charge is -2.07. The van der Waals surface area contributed by atoms with E-state index in [9.17, 15) is 13.6 Å². The number of benzene rings is 1. The molecule has 0 aliphatic heterocycles. The fraction of sp³-hybridized carbons (Fsp3) is 0.300. The molecule has 0 spiro atoms. The van der Waals surface area contributed by atoms with Crippen LogP contribution in [0.4, 0.5) is 8.78 Å². The Balaban J connectivity index is 3.12. The summed E-state index contributed by atoms with van der Waals surface area (Å²) in [6.45, 7) is 0. The second-order valence-corrected chi connectivity index (χ2v) is 3.71. The summed E-state index contributed by atoms with van der Waals surface area (Å²) in [6, 6.07) is 3.74. The van der Waals surface area contributed by atoms with Crippen molar-refractivity contribution in [3.8, 4) is 0 Å². The van der Waals surface area contributed by atoms with Crippen molar-refractivity contribution in [3.05, 3.63) is 34.3 Å². The van der Waals surface area contributed by atoms with E-state index in [0.717, 1.165) is 6.07 Å². The number of hydrogen-bond donors (Lipinski definition) is 0. The Morgan fingerprint density at radius 3 is 2.60 bits per heavy atom. The van der Waals surface area contributed by atoms with Crippen LogP contribution in [0, 0.1) is 0 Å². The van der Waals surface area contributed by atoms with Crippen LogP contribution in [0.25, 0.3) is 0 Å². The van der Waals surface area contributed by atoms with Crippen molar-refractivity contribution in [2.24, 2.45) is 0 Å². The van der Waals surface area contributed by atoms with Gasteiger partial charge in [0.1, 0.15) is 0 Å². The third-order valence-corrected chi connectivity index (χ3v) is 2.30. The van der Waals surface area contributed by atoms with E-state index in [1.54, 1.807) is 0 Å². The van der Waals surface area contributed by atoms with Crippen molar-refractivity contribution in [2.45, 2.75) is 12.8 Å². The van der Waals surface area contributed by atoms with Gasteiger partial charge in [0.25, 0.3) is 6.43 Å². The molecule has 0 heterocycles. The molecule has 0 fully saturated rings. The van der Waals surface area contributed by atoms with E-state index in [1.807, 2.05) is 0 Å². The van der Waals surface area contributed by atoms with E-state index >= 15 is 0 Å². The summed E-state index contributed by atoms with van der Waals surface area (Å²) in [5, 5.41) is 0.261. The van der Waals surface area contributed by atoms with E-state index in [2.05, 4.69) is 0 Å². The normalized spacial score (nSPS) is 10.7. The van der Waals surface area contributed by atoms with E-state index in [1.165, 1.54) is 12.1 Å². The average molecular weight is 253 g/mol. The lowest BCUT2D eigenvalue weighted by atomic mass is 10.0. The largest absolute Gasteiger partial charge is 0.294 e. The van der Waals surface area contributed by atoms with Gasteiger partial charge in [0, 0.05) is 28.5 Å². The molecule has 0 saturated carbocycles. The minimum atomic E-state index is -2.68. The maximum absolute atomic E-state index is 12.5. The van der Waals surface area contributed by atoms with Gasteiger partial charge < -0.3 is 0 Å². The molecule has 0 aromatic heterocycles. The summed E-state index contributed by atoms with van der Waals surface area (Å²) < 4.78 is 25.1. The van der Waals surface area contributed by atoms with Crippen LogP contribution in [0.1, 0.15) is 28.8 Å². The Morgan fingerprint density at radius 2 is 2.07 bits per heavy atom. The van der Waals surface area contributed by atoms with Crippen LogP contribution in [0.5, 0.6) is 0 Å². The van der Waals surface area contributed by atoms with Crippen molar-refractivity contribution < 1.29 is 13.6 Å². The smallest absolute Gasteiger partial charge is 0.264 e. The molecule has 0 radical (unpaired) electrons. The van der Waals surface area contributed by atoms with E-state index < -0.39 is 12.2 Å². The Labute approximate surface area is 96.0 Å². The van der Waals surface area contributed by atoms with Crippen molar-refractivity contribution in [1.29, 1.82) is 0 Å². The van der Waals surface area contributed by atoms with Gasteiger partial charge in [0.05, 0.1) is 0 Å². The number of rotatable bonds is 4. The molecule has 1 aromatic carbocycles. The maximum Gasteiger partial charge on any atom is 0.264 e. The zero-order chi connectivity index (χ0) is 11.4. The number of carbonyl (C=O) groups excluding carboxylic acids is 1. The monoisotopic (exact) mass is 252 g/mol. The van der Waals surface area contributed by atoms with Crippen LogP contribution in [-0.2, 0) is 0 Å². The van der Waals surface area contributed by atoms with Gasteiger partial charge in [-0.3, -0.25) is 4.79 Å². The number of alkyl halides is 3. The summed E-state index contributed by atoms with van der Waals surface area (Å²) in [4.78, 5) is 11.4. The van der Waals surface area contributed by atoms with Gasteiger partial charge in [0.2, 0.25) is 0 Å². The van der Waals surface area contributed by atoms with Crippen molar-refractivity contribution in [3.63, 3.8) is 0 Å². The predicted molar refractivity (Wildman–Crippen MR) is 56.1 cm³/mol. The fourth-order valence-electron chi connectivity index (χ4n) is 1.18. The molecular weight excluding hydrogens is 245 g/mol. The molecule has 5 heteroatoms. The summed E-state index contributed by atoms with van der Waals surface area (Å²) in [5.74, 6) is -0.309. The Bertz CT molecular complexity index is 366. The summed E-state index contributed by atoms with van der Waals surface area (Å²) in [7, 11) is 0. The van der Waals surface area contributed by atoms with Gasteiger partial charge in [-0.25, -0.2) is 8.78 Å². The molecular formula is C10H8Cl2F2O. The highest BCUT2D eigenvalue weighted by molar-refractivity contribution is 6.31. The standard InChI is InChI=1S/C10H8Cl2F2O/c11-4-3-9(15)8-5-6(12)1-2-7(8)10(13)14/h1-2,5,10H,3-4H2. The molecule has 0 bridgehead atoms. The molecule has 1 rings (SSSR count). The fourth-order valence-corrected chi connectivity index (χ4v) is 1.52. The number of halogens is 4. The SMILES string of the molecule is O=C(CCCl)c1cc(Cl)ccc1C(F)F. The van der Waals surface area contributed by atoms with E-state index in [4.69, 9.17) is 23.2 Å².